The van der Waals surface area contributed by atoms with Crippen molar-refractivity contribution in [2.75, 3.05) is 5.75 Å². The van der Waals surface area contributed by atoms with E-state index in [1.165, 1.54) is 37.9 Å². The second-order valence-corrected chi connectivity index (χ2v) is 5.61. The van der Waals surface area contributed by atoms with Gasteiger partial charge >= 0.3 is 0 Å². The first kappa shape index (κ1) is 8.79. The molecule has 60 valence electrons. The topological polar surface area (TPSA) is 0 Å². The van der Waals surface area contributed by atoms with Crippen LogP contribution >= 0.6 is 21.6 Å². The normalized spacial score (nSPS) is 25.5. The number of hydrogen-bond donors (Lipinski definition) is 0. The molecule has 0 N–H and O–H groups in total. The van der Waals surface area contributed by atoms with Gasteiger partial charge in [-0.1, -0.05) is 47.8 Å². The van der Waals surface area contributed by atoms with Crippen LogP contribution in [0.5, 0.6) is 0 Å². The first-order valence-corrected chi connectivity index (χ1v) is 6.60. The van der Waals surface area contributed by atoms with Gasteiger partial charge in [-0.25, -0.2) is 0 Å². The number of rotatable bonds is 4. The summed E-state index contributed by atoms with van der Waals surface area (Å²) < 4.78 is 0. The van der Waals surface area contributed by atoms with Crippen molar-refractivity contribution in [1.29, 1.82) is 0 Å². The lowest BCUT2D eigenvalue weighted by atomic mass is 10.1. The fourth-order valence-electron chi connectivity index (χ4n) is 1.19. The van der Waals surface area contributed by atoms with Gasteiger partial charge in [0.05, 0.1) is 0 Å². The highest BCUT2D eigenvalue weighted by atomic mass is 33.1. The highest BCUT2D eigenvalue weighted by Gasteiger charge is 2.14. The lowest BCUT2D eigenvalue weighted by Crippen LogP contribution is -1.96. The van der Waals surface area contributed by atoms with Crippen LogP contribution in [-0.4, -0.2) is 11.0 Å². The van der Waals surface area contributed by atoms with E-state index in [0.29, 0.717) is 0 Å². The van der Waals surface area contributed by atoms with Crippen molar-refractivity contribution >= 4 is 21.6 Å². The van der Waals surface area contributed by atoms with Crippen molar-refractivity contribution in [2.24, 2.45) is 0 Å². The molecule has 0 amide bonds. The Morgan fingerprint density at radius 2 is 2.30 bits per heavy atom. The van der Waals surface area contributed by atoms with E-state index in [0.717, 1.165) is 5.25 Å². The summed E-state index contributed by atoms with van der Waals surface area (Å²) in [5, 5.41) is 0.997. The van der Waals surface area contributed by atoms with Crippen molar-refractivity contribution in [2.45, 2.75) is 44.3 Å². The quantitative estimate of drug-likeness (QED) is 0.473. The minimum atomic E-state index is 0.997. The van der Waals surface area contributed by atoms with Crippen LogP contribution in [0.2, 0.25) is 0 Å². The van der Waals surface area contributed by atoms with Gasteiger partial charge in [0, 0.05) is 11.0 Å². The van der Waals surface area contributed by atoms with Crippen LogP contribution in [0.4, 0.5) is 0 Å². The molecule has 0 aromatic carbocycles. The summed E-state index contributed by atoms with van der Waals surface area (Å²) >= 11 is 0. The van der Waals surface area contributed by atoms with Gasteiger partial charge in [-0.2, -0.15) is 0 Å². The molecular formula is C8H16S2. The van der Waals surface area contributed by atoms with Crippen molar-refractivity contribution < 1.29 is 0 Å². The van der Waals surface area contributed by atoms with E-state index in [2.05, 4.69) is 28.5 Å². The molecule has 1 fully saturated rings. The average Bonchev–Trinajstić information content (AvgIpc) is 2.41. The van der Waals surface area contributed by atoms with Crippen LogP contribution < -0.4 is 0 Å². The third-order valence-electron chi connectivity index (χ3n) is 1.86. The Balaban J connectivity index is 1.91. The first-order chi connectivity index (χ1) is 4.93. The molecule has 1 aliphatic rings. The van der Waals surface area contributed by atoms with E-state index < -0.39 is 0 Å². The van der Waals surface area contributed by atoms with Gasteiger partial charge in [0.1, 0.15) is 0 Å². The molecule has 1 heterocycles. The van der Waals surface area contributed by atoms with Crippen LogP contribution in [0.15, 0.2) is 0 Å². The lowest BCUT2D eigenvalue weighted by Gasteiger charge is -2.04. The van der Waals surface area contributed by atoms with E-state index in [9.17, 15) is 0 Å². The third kappa shape index (κ3) is 3.20. The third-order valence-corrected chi connectivity index (χ3v) is 4.86. The molecule has 1 aliphatic heterocycles. The van der Waals surface area contributed by atoms with Crippen molar-refractivity contribution in [3.8, 4) is 0 Å². The summed E-state index contributed by atoms with van der Waals surface area (Å²) in [4.78, 5) is 0. The fraction of sp³-hybridized carbons (Fsp3) is 1.00. The van der Waals surface area contributed by atoms with E-state index in [1.807, 2.05) is 0 Å². The molecule has 0 nitrogen and oxygen atoms in total. The molecule has 0 saturated carbocycles. The van der Waals surface area contributed by atoms with Crippen molar-refractivity contribution in [3.05, 3.63) is 0 Å². The molecule has 1 atom stereocenters. The predicted molar refractivity (Wildman–Crippen MR) is 52.6 cm³/mol. The Labute approximate surface area is 71.9 Å². The molecule has 1 unspecified atom stereocenters. The van der Waals surface area contributed by atoms with Gasteiger partial charge in [-0.3, -0.25) is 0 Å². The minimum Gasteiger partial charge on any atom is -0.0938 e. The van der Waals surface area contributed by atoms with E-state index >= 15 is 0 Å². The molecule has 0 bridgehead atoms. The highest BCUT2D eigenvalue weighted by Crippen LogP contribution is 2.39. The Morgan fingerprint density at radius 3 is 2.90 bits per heavy atom. The van der Waals surface area contributed by atoms with Gasteiger partial charge in [0.25, 0.3) is 0 Å². The summed E-state index contributed by atoms with van der Waals surface area (Å²) in [5.74, 6) is 1.39. The van der Waals surface area contributed by atoms with Crippen LogP contribution in [0.25, 0.3) is 0 Å². The maximum Gasteiger partial charge on any atom is 0.0159 e. The Bertz CT molecular complexity index is 77.3. The van der Waals surface area contributed by atoms with E-state index in [1.54, 1.807) is 0 Å². The predicted octanol–water partition coefficient (Wildman–Crippen LogP) is 3.72. The maximum atomic E-state index is 2.27. The maximum absolute atomic E-state index is 2.27. The molecule has 1 saturated heterocycles. The average molecular weight is 176 g/mol. The van der Waals surface area contributed by atoms with E-state index in [4.69, 9.17) is 0 Å². The number of hydrogen-bond acceptors (Lipinski definition) is 2. The van der Waals surface area contributed by atoms with Crippen LogP contribution in [-0.2, 0) is 0 Å². The zero-order valence-corrected chi connectivity index (χ0v) is 8.27. The van der Waals surface area contributed by atoms with Crippen LogP contribution in [0.1, 0.15) is 39.0 Å². The summed E-state index contributed by atoms with van der Waals surface area (Å²) in [6.45, 7) is 2.27. The lowest BCUT2D eigenvalue weighted by molar-refractivity contribution is 0.642. The Hall–Kier alpha value is 0.700. The largest absolute Gasteiger partial charge is 0.0938 e. The molecule has 10 heavy (non-hydrogen) atoms. The molecule has 0 aliphatic carbocycles. The highest BCUT2D eigenvalue weighted by molar-refractivity contribution is 8.77. The van der Waals surface area contributed by atoms with E-state index in [-0.39, 0.29) is 0 Å². The monoisotopic (exact) mass is 176 g/mol. The molecule has 1 rings (SSSR count). The Kier molecular flexibility index (Phi) is 4.72. The van der Waals surface area contributed by atoms with Gasteiger partial charge in [-0.15, -0.1) is 0 Å². The first-order valence-electron chi connectivity index (χ1n) is 4.21. The molecule has 2 heteroatoms. The fourth-order valence-corrected chi connectivity index (χ4v) is 4.21. The standard InChI is InChI=1S/C8H16S2/c1-2-3-4-5-8-6-7-9-10-8/h8H,2-7H2,1H3. The van der Waals surface area contributed by atoms with Crippen molar-refractivity contribution in [1.82, 2.24) is 0 Å². The molecule has 0 radical (unpaired) electrons. The molecule has 0 aromatic rings. The zero-order valence-electron chi connectivity index (χ0n) is 6.64. The van der Waals surface area contributed by atoms with Gasteiger partial charge in [0.2, 0.25) is 0 Å². The summed E-state index contributed by atoms with van der Waals surface area (Å²) in [6, 6.07) is 0. The van der Waals surface area contributed by atoms with Crippen LogP contribution in [0, 0.1) is 0 Å². The second-order valence-electron chi connectivity index (χ2n) is 2.82. The molecule has 0 aromatic heterocycles. The summed E-state index contributed by atoms with van der Waals surface area (Å²) in [5.41, 5.74) is 0. The molecule has 0 spiro atoms. The van der Waals surface area contributed by atoms with Crippen LogP contribution in [0.3, 0.4) is 0 Å². The summed E-state index contributed by atoms with van der Waals surface area (Å²) in [7, 11) is 4.17. The second kappa shape index (κ2) is 5.36. The minimum absolute atomic E-state index is 0.997. The zero-order chi connectivity index (χ0) is 7.23. The van der Waals surface area contributed by atoms with Crippen molar-refractivity contribution in [3.63, 3.8) is 0 Å². The van der Waals surface area contributed by atoms with Gasteiger partial charge in [0.15, 0.2) is 0 Å². The van der Waals surface area contributed by atoms with Gasteiger partial charge < -0.3 is 0 Å². The SMILES string of the molecule is CCCCCC1CCSS1. The Morgan fingerprint density at radius 1 is 1.40 bits per heavy atom. The number of unbranched alkanes of at least 4 members (excludes halogenated alkanes) is 2. The summed E-state index contributed by atoms with van der Waals surface area (Å²) in [6.07, 6.45) is 7.17. The molecular weight excluding hydrogens is 160 g/mol. The van der Waals surface area contributed by atoms with Gasteiger partial charge in [-0.05, 0) is 12.8 Å². The smallest absolute Gasteiger partial charge is 0.0159 e.